The number of carbonyl (C=O) groups is 1. The summed E-state index contributed by atoms with van der Waals surface area (Å²) < 4.78 is 18.8. The lowest BCUT2D eigenvalue weighted by Gasteiger charge is -2.05. The van der Waals surface area contributed by atoms with Gasteiger partial charge in [-0.2, -0.15) is 4.98 Å². The Morgan fingerprint density at radius 1 is 1.27 bits per heavy atom. The lowest BCUT2D eigenvalue weighted by atomic mass is 10.1. The lowest BCUT2D eigenvalue weighted by molar-refractivity contribution is -0.117. The van der Waals surface area contributed by atoms with Crippen LogP contribution in [0.2, 0.25) is 0 Å². The number of carbonyl (C=O) groups excluding carboxylic acids is 1. The maximum Gasteiger partial charge on any atom is 0.267 e. The highest BCUT2D eigenvalue weighted by Gasteiger charge is 2.29. The van der Waals surface area contributed by atoms with Gasteiger partial charge in [-0.1, -0.05) is 34.6 Å². The molecule has 7 nitrogen and oxygen atoms in total. The second-order valence-corrected chi connectivity index (χ2v) is 7.27. The topological polar surface area (TPSA) is 89.6 Å². The zero-order valence-corrected chi connectivity index (χ0v) is 16.7. The van der Waals surface area contributed by atoms with E-state index in [9.17, 15) is 9.18 Å². The molecule has 1 saturated carbocycles. The minimum absolute atomic E-state index is 0.00574. The molecule has 1 aromatic heterocycles. The molecule has 0 radical (unpaired) electrons. The molecule has 0 aliphatic heterocycles. The third kappa shape index (κ3) is 4.71. The molecule has 1 amide bonds. The van der Waals surface area contributed by atoms with Crippen LogP contribution in [0.3, 0.4) is 0 Å². The Balaban J connectivity index is 1.33. The van der Waals surface area contributed by atoms with E-state index in [0.717, 1.165) is 24.1 Å². The summed E-state index contributed by atoms with van der Waals surface area (Å²) in [4.78, 5) is 21.3. The predicted molar refractivity (Wildman–Crippen MR) is 109 cm³/mol. The van der Waals surface area contributed by atoms with Gasteiger partial charge in [0.1, 0.15) is 5.82 Å². The van der Waals surface area contributed by atoms with Crippen LogP contribution in [0, 0.1) is 18.7 Å². The van der Waals surface area contributed by atoms with Crippen LogP contribution >= 0.6 is 0 Å². The van der Waals surface area contributed by atoms with Gasteiger partial charge in [0.2, 0.25) is 11.7 Å². The number of amides is 1. The second kappa shape index (κ2) is 8.44. The maximum absolute atomic E-state index is 13.7. The molecule has 1 heterocycles. The first-order chi connectivity index (χ1) is 14.5. The van der Waals surface area contributed by atoms with Gasteiger partial charge in [-0.3, -0.25) is 4.79 Å². The van der Waals surface area contributed by atoms with Gasteiger partial charge >= 0.3 is 0 Å². The van der Waals surface area contributed by atoms with Crippen molar-refractivity contribution in [3.8, 4) is 11.4 Å². The summed E-state index contributed by atoms with van der Waals surface area (Å²) in [5, 5.41) is 10.8. The number of hydrogen-bond donors (Lipinski definition) is 1. The molecule has 0 unspecified atom stereocenters. The summed E-state index contributed by atoms with van der Waals surface area (Å²) in [6.45, 7) is 3.49. The number of rotatable bonds is 7. The number of hydrogen-bond acceptors (Lipinski definition) is 6. The zero-order valence-electron chi connectivity index (χ0n) is 16.7. The van der Waals surface area contributed by atoms with E-state index in [1.165, 1.54) is 6.07 Å². The molecular formula is C22H21FN4O3. The fourth-order valence-corrected chi connectivity index (χ4v) is 2.78. The Bertz CT molecular complexity index is 1090. The summed E-state index contributed by atoms with van der Waals surface area (Å²) in [6, 6.07) is 12.1. The smallest absolute Gasteiger partial charge is 0.267 e. The molecule has 0 bridgehead atoms. The summed E-state index contributed by atoms with van der Waals surface area (Å²) in [7, 11) is 0. The number of aromatic nitrogens is 2. The highest BCUT2D eigenvalue weighted by atomic mass is 19.1. The first-order valence-electron chi connectivity index (χ1n) is 9.66. The summed E-state index contributed by atoms with van der Waals surface area (Å²) in [5.41, 5.74) is 3.36. The molecule has 1 aliphatic carbocycles. The zero-order chi connectivity index (χ0) is 21.1. The van der Waals surface area contributed by atoms with Crippen molar-refractivity contribution in [2.75, 3.05) is 5.32 Å². The van der Waals surface area contributed by atoms with Crippen LogP contribution in [0.4, 0.5) is 10.1 Å². The van der Waals surface area contributed by atoms with E-state index >= 15 is 0 Å². The number of nitrogens with zero attached hydrogens (tertiary/aromatic N) is 3. The monoisotopic (exact) mass is 408 g/mol. The van der Waals surface area contributed by atoms with Crippen molar-refractivity contribution in [1.82, 2.24) is 10.1 Å². The maximum atomic E-state index is 13.7. The largest absolute Gasteiger partial charge is 0.385 e. The Kier molecular flexibility index (Phi) is 5.56. The highest BCUT2D eigenvalue weighted by molar-refractivity contribution is 5.99. The van der Waals surface area contributed by atoms with E-state index in [1.54, 1.807) is 19.1 Å². The molecule has 2 aromatic carbocycles. The molecule has 4 rings (SSSR count). The Labute approximate surface area is 172 Å². The molecule has 154 valence electrons. The molecule has 0 atom stereocenters. The van der Waals surface area contributed by atoms with Crippen LogP contribution in [-0.2, 0) is 16.2 Å². The minimum atomic E-state index is -0.326. The summed E-state index contributed by atoms with van der Waals surface area (Å²) in [5.74, 6) is 0.437. The van der Waals surface area contributed by atoms with Crippen LogP contribution in [0.15, 0.2) is 52.1 Å². The van der Waals surface area contributed by atoms with Crippen molar-refractivity contribution < 1.29 is 18.5 Å². The fraction of sp³-hybridized carbons (Fsp3) is 0.273. The van der Waals surface area contributed by atoms with E-state index < -0.39 is 0 Å². The predicted octanol–water partition coefficient (Wildman–Crippen LogP) is 4.47. The number of oxime groups is 1. The first kappa shape index (κ1) is 19.8. The lowest BCUT2D eigenvalue weighted by Crippen LogP contribution is -2.13. The van der Waals surface area contributed by atoms with Crippen molar-refractivity contribution in [1.29, 1.82) is 0 Å². The number of aryl methyl sites for hydroxylation is 1. The molecule has 1 fully saturated rings. The number of anilines is 1. The molecule has 3 aromatic rings. The molecule has 30 heavy (non-hydrogen) atoms. The van der Waals surface area contributed by atoms with E-state index in [2.05, 4.69) is 20.6 Å². The van der Waals surface area contributed by atoms with Gasteiger partial charge in [-0.25, -0.2) is 4.39 Å². The Morgan fingerprint density at radius 3 is 2.73 bits per heavy atom. The SMILES string of the molecule is C/C(=N/OCc1nc(-c2ccc(C)c(F)c2)no1)c1ccc(NC(=O)C2CC2)cc1. The van der Waals surface area contributed by atoms with Crippen LogP contribution < -0.4 is 5.32 Å². The highest BCUT2D eigenvalue weighted by Crippen LogP contribution is 2.30. The molecule has 1 N–H and O–H groups in total. The molecule has 8 heteroatoms. The van der Waals surface area contributed by atoms with Crippen molar-refractivity contribution in [3.05, 3.63) is 65.3 Å². The average Bonchev–Trinajstić information content (AvgIpc) is 3.49. The van der Waals surface area contributed by atoms with Crippen molar-refractivity contribution in [3.63, 3.8) is 0 Å². The van der Waals surface area contributed by atoms with Crippen LogP contribution in [-0.4, -0.2) is 21.8 Å². The average molecular weight is 408 g/mol. The quantitative estimate of drug-likeness (QED) is 0.460. The van der Waals surface area contributed by atoms with Crippen LogP contribution in [0.1, 0.15) is 36.8 Å². The van der Waals surface area contributed by atoms with Crippen molar-refractivity contribution >= 4 is 17.3 Å². The van der Waals surface area contributed by atoms with Gasteiger partial charge in [-0.05, 0) is 56.0 Å². The standard InChI is InChI=1S/C22H21FN4O3/c1-13-3-4-17(11-19(13)23)21-25-20(30-27-21)12-29-26-14(2)15-7-9-18(10-8-15)24-22(28)16-5-6-16/h3-4,7-11,16H,5-6,12H2,1-2H3,(H,24,28)/b26-14-. The normalized spacial score (nSPS) is 13.9. The van der Waals surface area contributed by atoms with Crippen LogP contribution in [0.25, 0.3) is 11.4 Å². The number of nitrogens with one attached hydrogen (secondary N) is 1. The third-order valence-electron chi connectivity index (χ3n) is 4.81. The van der Waals surface area contributed by atoms with E-state index in [0.29, 0.717) is 16.8 Å². The van der Waals surface area contributed by atoms with Gasteiger partial charge in [-0.15, -0.1) is 0 Å². The van der Waals surface area contributed by atoms with Gasteiger partial charge < -0.3 is 14.7 Å². The van der Waals surface area contributed by atoms with Crippen molar-refractivity contribution in [2.45, 2.75) is 33.3 Å². The van der Waals surface area contributed by atoms with Crippen molar-refractivity contribution in [2.24, 2.45) is 11.1 Å². The Hall–Kier alpha value is -3.55. The van der Waals surface area contributed by atoms with Crippen LogP contribution in [0.5, 0.6) is 0 Å². The minimum Gasteiger partial charge on any atom is -0.385 e. The number of benzene rings is 2. The molecular weight excluding hydrogens is 387 g/mol. The number of halogens is 1. The fourth-order valence-electron chi connectivity index (χ4n) is 2.78. The molecule has 0 saturated heterocycles. The van der Waals surface area contributed by atoms with Gasteiger partial charge in [0, 0.05) is 17.2 Å². The van der Waals surface area contributed by atoms with E-state index in [4.69, 9.17) is 9.36 Å². The van der Waals surface area contributed by atoms with E-state index in [-0.39, 0.29) is 36.0 Å². The van der Waals surface area contributed by atoms with Gasteiger partial charge in [0.25, 0.3) is 5.89 Å². The first-order valence-corrected chi connectivity index (χ1v) is 9.66. The summed E-state index contributed by atoms with van der Waals surface area (Å²) >= 11 is 0. The van der Waals surface area contributed by atoms with Gasteiger partial charge in [0.05, 0.1) is 5.71 Å². The second-order valence-electron chi connectivity index (χ2n) is 7.27. The van der Waals surface area contributed by atoms with E-state index in [1.807, 2.05) is 31.2 Å². The van der Waals surface area contributed by atoms with Gasteiger partial charge in [0.15, 0.2) is 6.61 Å². The molecule has 1 aliphatic rings. The third-order valence-corrected chi connectivity index (χ3v) is 4.81. The summed E-state index contributed by atoms with van der Waals surface area (Å²) in [6.07, 6.45) is 1.94. The Morgan fingerprint density at radius 2 is 2.03 bits per heavy atom. The molecule has 0 spiro atoms.